The summed E-state index contributed by atoms with van der Waals surface area (Å²) in [5, 5.41) is 6.75. The third-order valence-electron chi connectivity index (χ3n) is 5.47. The van der Waals surface area contributed by atoms with Gasteiger partial charge in [0.1, 0.15) is 17.4 Å². The van der Waals surface area contributed by atoms with Gasteiger partial charge >= 0.3 is 6.09 Å². The van der Waals surface area contributed by atoms with Crippen molar-refractivity contribution in [1.29, 1.82) is 0 Å². The maximum atomic E-state index is 12.3. The first-order chi connectivity index (χ1) is 13.5. The third-order valence-corrected chi connectivity index (χ3v) is 5.47. The van der Waals surface area contributed by atoms with Crippen LogP contribution < -0.4 is 10.6 Å². The number of likely N-dealkylation sites (tertiary alicyclic amines) is 1. The van der Waals surface area contributed by atoms with Crippen molar-refractivity contribution in [2.24, 2.45) is 0 Å². The van der Waals surface area contributed by atoms with Crippen molar-refractivity contribution in [2.75, 3.05) is 31.5 Å². The first-order valence-electron chi connectivity index (χ1n) is 10.1. The summed E-state index contributed by atoms with van der Waals surface area (Å²) in [7, 11) is 0. The van der Waals surface area contributed by atoms with Crippen LogP contribution in [0.5, 0.6) is 0 Å². The Hall–Kier alpha value is -2.42. The first-order valence-corrected chi connectivity index (χ1v) is 10.1. The Morgan fingerprint density at radius 1 is 1.29 bits per heavy atom. The smallest absolute Gasteiger partial charge is 0.410 e. The van der Waals surface area contributed by atoms with Crippen molar-refractivity contribution in [3.05, 3.63) is 12.2 Å². The highest BCUT2D eigenvalue weighted by Crippen LogP contribution is 2.24. The SMILES string of the molecule is Cc1nc(NC2CCN(C(=O)O[C@H]3CCNC3)CC2)c2ncn(C(C)C)c2n1. The second kappa shape index (κ2) is 7.90. The quantitative estimate of drug-likeness (QED) is 0.829. The molecule has 4 rings (SSSR count). The summed E-state index contributed by atoms with van der Waals surface area (Å²) in [4.78, 5) is 27.8. The van der Waals surface area contributed by atoms with E-state index in [0.29, 0.717) is 13.1 Å². The predicted molar refractivity (Wildman–Crippen MR) is 106 cm³/mol. The van der Waals surface area contributed by atoms with Crippen LogP contribution >= 0.6 is 0 Å². The van der Waals surface area contributed by atoms with Gasteiger partial charge in [0, 0.05) is 31.7 Å². The molecule has 2 aromatic rings. The number of carbonyl (C=O) groups excluding carboxylic acids is 1. The molecule has 2 fully saturated rings. The molecular weight excluding hydrogens is 358 g/mol. The molecule has 9 nitrogen and oxygen atoms in total. The van der Waals surface area contributed by atoms with E-state index in [2.05, 4.69) is 44.0 Å². The van der Waals surface area contributed by atoms with Crippen molar-refractivity contribution in [1.82, 2.24) is 29.7 Å². The highest BCUT2D eigenvalue weighted by molar-refractivity contribution is 5.83. The number of hydrogen-bond acceptors (Lipinski definition) is 7. The Labute approximate surface area is 164 Å². The molecule has 2 saturated heterocycles. The van der Waals surface area contributed by atoms with Gasteiger partial charge in [-0.15, -0.1) is 0 Å². The minimum absolute atomic E-state index is 0.0108. The number of imidazole rings is 1. The average molecular weight is 387 g/mol. The van der Waals surface area contributed by atoms with E-state index in [-0.39, 0.29) is 24.3 Å². The lowest BCUT2D eigenvalue weighted by molar-refractivity contribution is 0.0641. The zero-order valence-electron chi connectivity index (χ0n) is 16.8. The van der Waals surface area contributed by atoms with Crippen LogP contribution in [0.2, 0.25) is 0 Å². The van der Waals surface area contributed by atoms with Gasteiger partial charge in [0.15, 0.2) is 11.5 Å². The summed E-state index contributed by atoms with van der Waals surface area (Å²) in [6, 6.07) is 0.537. The van der Waals surface area contributed by atoms with Crippen molar-refractivity contribution >= 4 is 23.1 Å². The molecule has 0 saturated carbocycles. The summed E-state index contributed by atoms with van der Waals surface area (Å²) in [6.07, 6.45) is 4.25. The summed E-state index contributed by atoms with van der Waals surface area (Å²) in [5.41, 5.74) is 1.66. The van der Waals surface area contributed by atoms with Gasteiger partial charge in [-0.3, -0.25) is 0 Å². The van der Waals surface area contributed by atoms with Crippen LogP contribution in [0.4, 0.5) is 10.6 Å². The van der Waals surface area contributed by atoms with Crippen molar-refractivity contribution in [3.63, 3.8) is 0 Å². The van der Waals surface area contributed by atoms with Gasteiger partial charge in [-0.25, -0.2) is 19.7 Å². The van der Waals surface area contributed by atoms with Crippen LogP contribution in [0.1, 0.15) is 45.0 Å². The fraction of sp³-hybridized carbons (Fsp3) is 0.684. The molecule has 2 N–H and O–H groups in total. The van der Waals surface area contributed by atoms with Crippen LogP contribution in [0, 0.1) is 6.92 Å². The van der Waals surface area contributed by atoms with E-state index in [1.165, 1.54) is 0 Å². The molecule has 4 heterocycles. The molecule has 2 aliphatic heterocycles. The van der Waals surface area contributed by atoms with Crippen LogP contribution in [0.25, 0.3) is 11.2 Å². The van der Waals surface area contributed by atoms with Crippen molar-refractivity contribution in [3.8, 4) is 0 Å². The number of fused-ring (bicyclic) bond motifs is 1. The molecule has 2 aliphatic rings. The number of nitrogens with one attached hydrogen (secondary N) is 2. The topological polar surface area (TPSA) is 97.2 Å². The largest absolute Gasteiger partial charge is 0.445 e. The monoisotopic (exact) mass is 387 g/mol. The van der Waals surface area contributed by atoms with Gasteiger partial charge in [0.05, 0.1) is 6.33 Å². The zero-order valence-corrected chi connectivity index (χ0v) is 16.8. The molecular formula is C19H29N7O2. The van der Waals surface area contributed by atoms with E-state index < -0.39 is 0 Å². The highest BCUT2D eigenvalue weighted by Gasteiger charge is 2.27. The summed E-state index contributed by atoms with van der Waals surface area (Å²) in [5.74, 6) is 1.50. The van der Waals surface area contributed by atoms with Gasteiger partial charge in [-0.05, 0) is 46.6 Å². The molecule has 152 valence electrons. The number of aromatic nitrogens is 4. The molecule has 9 heteroatoms. The maximum absolute atomic E-state index is 12.3. The van der Waals surface area contributed by atoms with Crippen LogP contribution in [-0.2, 0) is 4.74 Å². The van der Waals surface area contributed by atoms with Crippen molar-refractivity contribution < 1.29 is 9.53 Å². The van der Waals surface area contributed by atoms with Gasteiger partial charge in [-0.1, -0.05) is 0 Å². The number of piperidine rings is 1. The summed E-state index contributed by atoms with van der Waals surface area (Å²) in [6.45, 7) is 9.18. The minimum Gasteiger partial charge on any atom is -0.445 e. The number of rotatable bonds is 4. The van der Waals surface area contributed by atoms with E-state index in [1.54, 1.807) is 0 Å². The molecule has 0 unspecified atom stereocenters. The van der Waals surface area contributed by atoms with E-state index >= 15 is 0 Å². The minimum atomic E-state index is -0.192. The number of nitrogens with zero attached hydrogens (tertiary/aromatic N) is 5. The fourth-order valence-corrected chi connectivity index (χ4v) is 3.85. The van der Waals surface area contributed by atoms with Crippen LogP contribution in [0.15, 0.2) is 6.33 Å². The molecule has 0 radical (unpaired) electrons. The molecule has 0 spiro atoms. The normalized spacial score (nSPS) is 20.9. The molecule has 28 heavy (non-hydrogen) atoms. The molecule has 0 aliphatic carbocycles. The zero-order chi connectivity index (χ0) is 19.7. The fourth-order valence-electron chi connectivity index (χ4n) is 3.85. The summed E-state index contributed by atoms with van der Waals surface area (Å²) >= 11 is 0. The Morgan fingerprint density at radius 3 is 2.75 bits per heavy atom. The number of anilines is 1. The van der Waals surface area contributed by atoms with E-state index in [1.807, 2.05) is 18.2 Å². The molecule has 1 atom stereocenters. The van der Waals surface area contributed by atoms with Gasteiger partial charge in [-0.2, -0.15) is 0 Å². The van der Waals surface area contributed by atoms with Gasteiger partial charge in [0.25, 0.3) is 0 Å². The molecule has 0 aromatic carbocycles. The van der Waals surface area contributed by atoms with E-state index in [9.17, 15) is 4.79 Å². The number of ether oxygens (including phenoxy) is 1. The van der Waals surface area contributed by atoms with Crippen LogP contribution in [0.3, 0.4) is 0 Å². The molecule has 1 amide bonds. The number of amides is 1. The second-order valence-electron chi connectivity index (χ2n) is 7.94. The number of aryl methyl sites for hydroxylation is 1. The predicted octanol–water partition coefficient (Wildman–Crippen LogP) is 2.09. The second-order valence-corrected chi connectivity index (χ2v) is 7.94. The molecule has 0 bridgehead atoms. The third kappa shape index (κ3) is 3.89. The molecule has 2 aromatic heterocycles. The Kier molecular flexibility index (Phi) is 5.34. The van der Waals surface area contributed by atoms with E-state index in [4.69, 9.17) is 4.74 Å². The average Bonchev–Trinajstić information content (AvgIpc) is 3.31. The first kappa shape index (κ1) is 18.9. The lowest BCUT2D eigenvalue weighted by Crippen LogP contribution is -2.44. The lowest BCUT2D eigenvalue weighted by atomic mass is 10.1. The van der Waals surface area contributed by atoms with Gasteiger partial charge < -0.3 is 24.8 Å². The Balaban J connectivity index is 1.39. The standard InChI is InChI=1S/C19H29N7O2/c1-12(2)26-11-21-16-17(22-13(3)23-18(16)26)24-14-5-8-25(9-6-14)19(27)28-15-4-7-20-10-15/h11-12,14-15,20H,4-10H2,1-3H3,(H,22,23,24)/t15-/m0/s1. The highest BCUT2D eigenvalue weighted by atomic mass is 16.6. The Bertz CT molecular complexity index is 836. The summed E-state index contributed by atoms with van der Waals surface area (Å²) < 4.78 is 7.63. The number of carbonyl (C=O) groups is 1. The van der Waals surface area contributed by atoms with E-state index in [0.717, 1.165) is 55.2 Å². The lowest BCUT2D eigenvalue weighted by Gasteiger charge is -2.32. The van der Waals surface area contributed by atoms with Crippen molar-refractivity contribution in [2.45, 2.75) is 58.2 Å². The van der Waals surface area contributed by atoms with Gasteiger partial charge in [0.2, 0.25) is 0 Å². The maximum Gasteiger partial charge on any atom is 0.410 e. The number of hydrogen-bond donors (Lipinski definition) is 2. The van der Waals surface area contributed by atoms with Crippen LogP contribution in [-0.4, -0.2) is 68.8 Å². The Morgan fingerprint density at radius 2 is 2.07 bits per heavy atom.